The fourth-order valence-electron chi connectivity index (χ4n) is 2.40. The summed E-state index contributed by atoms with van der Waals surface area (Å²) in [6.07, 6.45) is 0. The molecule has 0 radical (unpaired) electrons. The van der Waals surface area contributed by atoms with Crippen LogP contribution in [0.3, 0.4) is 0 Å². The van der Waals surface area contributed by atoms with Gasteiger partial charge in [0.2, 0.25) is 0 Å². The summed E-state index contributed by atoms with van der Waals surface area (Å²) in [6.45, 7) is 12.5. The van der Waals surface area contributed by atoms with Gasteiger partial charge >= 0.3 is 0 Å². The van der Waals surface area contributed by atoms with Gasteiger partial charge in [0, 0.05) is 5.69 Å². The molecule has 0 saturated carbocycles. The number of hydrogen-bond acceptors (Lipinski definition) is 2. The van der Waals surface area contributed by atoms with E-state index >= 15 is 0 Å². The molecule has 0 aliphatic heterocycles. The van der Waals surface area contributed by atoms with Crippen LogP contribution in [0.15, 0.2) is 47.4 Å². The van der Waals surface area contributed by atoms with E-state index in [0.29, 0.717) is 5.69 Å². The predicted molar refractivity (Wildman–Crippen MR) is 101 cm³/mol. The molecule has 136 valence electrons. The standard InChI is InChI=1S/C20H26FNO2S/c1-19(2,3)14-10-15(20(4,5)6)12-17(11-14)22-25(23,24)18-9-7-8-16(21)13-18/h7-13,22H,1-6H3. The topological polar surface area (TPSA) is 46.2 Å². The Labute approximate surface area is 150 Å². The lowest BCUT2D eigenvalue weighted by molar-refractivity contribution is 0.568. The van der Waals surface area contributed by atoms with Crippen LogP contribution in [0.2, 0.25) is 0 Å². The molecule has 0 amide bonds. The lowest BCUT2D eigenvalue weighted by Gasteiger charge is -2.26. The SMILES string of the molecule is CC(C)(C)c1cc(NS(=O)(=O)c2cccc(F)c2)cc(C(C)(C)C)c1. The van der Waals surface area contributed by atoms with Crippen LogP contribution >= 0.6 is 0 Å². The lowest BCUT2D eigenvalue weighted by atomic mass is 9.80. The van der Waals surface area contributed by atoms with Gasteiger partial charge in [0.15, 0.2) is 0 Å². The van der Waals surface area contributed by atoms with Crippen LogP contribution in [0.25, 0.3) is 0 Å². The fraction of sp³-hybridized carbons (Fsp3) is 0.400. The third kappa shape index (κ3) is 4.82. The van der Waals surface area contributed by atoms with Gasteiger partial charge in [-0.15, -0.1) is 0 Å². The number of benzene rings is 2. The van der Waals surface area contributed by atoms with Gasteiger partial charge in [0.1, 0.15) is 5.82 Å². The molecule has 2 rings (SSSR count). The van der Waals surface area contributed by atoms with Gasteiger partial charge in [-0.2, -0.15) is 0 Å². The van der Waals surface area contributed by atoms with Gasteiger partial charge in [-0.25, -0.2) is 12.8 Å². The van der Waals surface area contributed by atoms with Crippen molar-refractivity contribution in [3.8, 4) is 0 Å². The molecule has 3 nitrogen and oxygen atoms in total. The van der Waals surface area contributed by atoms with Gasteiger partial charge in [0.05, 0.1) is 4.90 Å². The van der Waals surface area contributed by atoms with Crippen LogP contribution in [0.5, 0.6) is 0 Å². The van der Waals surface area contributed by atoms with E-state index in [1.807, 2.05) is 12.1 Å². The molecule has 0 spiro atoms. The summed E-state index contributed by atoms with van der Waals surface area (Å²) in [6, 6.07) is 10.8. The van der Waals surface area contributed by atoms with Crippen molar-refractivity contribution in [2.75, 3.05) is 4.72 Å². The molecule has 0 heterocycles. The summed E-state index contributed by atoms with van der Waals surface area (Å²) < 4.78 is 41.2. The highest BCUT2D eigenvalue weighted by atomic mass is 32.2. The van der Waals surface area contributed by atoms with Crippen LogP contribution in [-0.4, -0.2) is 8.42 Å². The lowest BCUT2D eigenvalue weighted by Crippen LogP contribution is -2.19. The molecule has 5 heteroatoms. The maximum Gasteiger partial charge on any atom is 0.261 e. The summed E-state index contributed by atoms with van der Waals surface area (Å²) in [5, 5.41) is 0. The van der Waals surface area contributed by atoms with Crippen molar-refractivity contribution in [2.45, 2.75) is 57.3 Å². The maximum atomic E-state index is 13.4. The zero-order valence-corrected chi connectivity index (χ0v) is 16.5. The average Bonchev–Trinajstić information content (AvgIpc) is 2.44. The second-order valence-corrected chi connectivity index (χ2v) is 10.0. The minimum atomic E-state index is -3.85. The number of rotatable bonds is 3. The quantitative estimate of drug-likeness (QED) is 0.812. The van der Waals surface area contributed by atoms with E-state index in [1.165, 1.54) is 18.2 Å². The molecule has 0 unspecified atom stereocenters. The molecular weight excluding hydrogens is 337 g/mol. The zero-order chi connectivity index (χ0) is 19.0. The highest BCUT2D eigenvalue weighted by molar-refractivity contribution is 7.92. The summed E-state index contributed by atoms with van der Waals surface area (Å²) in [5.74, 6) is -0.582. The number of hydrogen-bond donors (Lipinski definition) is 1. The van der Waals surface area contributed by atoms with Crippen molar-refractivity contribution in [1.29, 1.82) is 0 Å². The zero-order valence-electron chi connectivity index (χ0n) is 15.6. The molecule has 0 saturated heterocycles. The van der Waals surface area contributed by atoms with E-state index in [1.54, 1.807) is 0 Å². The number of halogens is 1. The Morgan fingerprint density at radius 3 is 1.80 bits per heavy atom. The molecule has 0 aromatic heterocycles. The molecule has 25 heavy (non-hydrogen) atoms. The van der Waals surface area contributed by atoms with E-state index < -0.39 is 15.8 Å². The van der Waals surface area contributed by atoms with Crippen molar-refractivity contribution >= 4 is 15.7 Å². The molecule has 2 aromatic carbocycles. The number of nitrogens with one attached hydrogen (secondary N) is 1. The largest absolute Gasteiger partial charge is 0.280 e. The van der Waals surface area contributed by atoms with Crippen molar-refractivity contribution in [3.05, 3.63) is 59.4 Å². The second-order valence-electron chi connectivity index (χ2n) is 8.36. The monoisotopic (exact) mass is 363 g/mol. The van der Waals surface area contributed by atoms with Gasteiger partial charge in [-0.3, -0.25) is 4.72 Å². The average molecular weight is 363 g/mol. The first-order valence-corrected chi connectivity index (χ1v) is 9.72. The first-order chi connectivity index (χ1) is 11.3. The number of anilines is 1. The van der Waals surface area contributed by atoms with E-state index in [4.69, 9.17) is 0 Å². The molecule has 0 fully saturated rings. The Balaban J connectivity index is 2.52. The Hall–Kier alpha value is -1.88. The third-order valence-corrected chi connectivity index (χ3v) is 5.40. The summed E-state index contributed by atoms with van der Waals surface area (Å²) in [5.41, 5.74) is 2.32. The minimum absolute atomic E-state index is 0.0917. The van der Waals surface area contributed by atoms with Gasteiger partial charge in [-0.1, -0.05) is 53.7 Å². The third-order valence-electron chi connectivity index (χ3n) is 4.02. The Morgan fingerprint density at radius 1 is 0.840 bits per heavy atom. The molecule has 0 atom stereocenters. The van der Waals surface area contributed by atoms with Crippen LogP contribution in [-0.2, 0) is 20.9 Å². The molecule has 0 aliphatic rings. The summed E-state index contributed by atoms with van der Waals surface area (Å²) in [7, 11) is -3.85. The van der Waals surface area contributed by atoms with Gasteiger partial charge < -0.3 is 0 Å². The van der Waals surface area contributed by atoms with Crippen molar-refractivity contribution in [2.24, 2.45) is 0 Å². The van der Waals surface area contributed by atoms with E-state index in [9.17, 15) is 12.8 Å². The van der Waals surface area contributed by atoms with E-state index in [-0.39, 0.29) is 15.7 Å². The Kier molecular flexibility index (Phi) is 5.01. The smallest absolute Gasteiger partial charge is 0.261 e. The fourth-order valence-corrected chi connectivity index (χ4v) is 3.47. The Morgan fingerprint density at radius 2 is 1.36 bits per heavy atom. The minimum Gasteiger partial charge on any atom is -0.280 e. The molecule has 2 aromatic rings. The van der Waals surface area contributed by atoms with Crippen LogP contribution in [0, 0.1) is 5.82 Å². The van der Waals surface area contributed by atoms with Crippen molar-refractivity contribution < 1.29 is 12.8 Å². The predicted octanol–water partition coefficient (Wildman–Crippen LogP) is 5.22. The molecule has 0 aliphatic carbocycles. The van der Waals surface area contributed by atoms with Crippen LogP contribution in [0.4, 0.5) is 10.1 Å². The van der Waals surface area contributed by atoms with Gasteiger partial charge in [-0.05, 0) is 52.3 Å². The van der Waals surface area contributed by atoms with Crippen molar-refractivity contribution in [3.63, 3.8) is 0 Å². The summed E-state index contributed by atoms with van der Waals surface area (Å²) >= 11 is 0. The Bertz CT molecular complexity index is 843. The van der Waals surface area contributed by atoms with E-state index in [2.05, 4.69) is 52.3 Å². The van der Waals surface area contributed by atoms with Crippen molar-refractivity contribution in [1.82, 2.24) is 0 Å². The highest BCUT2D eigenvalue weighted by Gasteiger charge is 2.22. The first-order valence-electron chi connectivity index (χ1n) is 8.23. The highest BCUT2D eigenvalue weighted by Crippen LogP contribution is 2.32. The van der Waals surface area contributed by atoms with E-state index in [0.717, 1.165) is 17.2 Å². The molecular formula is C20H26FNO2S. The number of sulfonamides is 1. The van der Waals surface area contributed by atoms with Crippen LogP contribution in [0.1, 0.15) is 52.7 Å². The van der Waals surface area contributed by atoms with Gasteiger partial charge in [0.25, 0.3) is 10.0 Å². The second kappa shape index (κ2) is 6.45. The maximum absolute atomic E-state index is 13.4. The molecule has 0 bridgehead atoms. The summed E-state index contributed by atoms with van der Waals surface area (Å²) in [4.78, 5) is -0.0917. The first kappa shape index (κ1) is 19.4. The molecule has 1 N–H and O–H groups in total. The normalized spacial score (nSPS) is 12.9. The van der Waals surface area contributed by atoms with Crippen LogP contribution < -0.4 is 4.72 Å².